The Morgan fingerprint density at radius 2 is 2.00 bits per heavy atom. The molecule has 0 aliphatic carbocycles. The number of nitrogens with one attached hydrogen (secondary N) is 1. The number of aromatic nitrogens is 2. The molecule has 2 amide bonds. The van der Waals surface area contributed by atoms with Crippen molar-refractivity contribution in [2.75, 3.05) is 39.5 Å². The normalized spacial score (nSPS) is 20.1. The molecule has 1 saturated heterocycles. The third-order valence-electron chi connectivity index (χ3n) is 3.87. The second-order valence-corrected chi connectivity index (χ2v) is 7.53. The molecule has 0 radical (unpaired) electrons. The van der Waals surface area contributed by atoms with Crippen LogP contribution in [0.25, 0.3) is 0 Å². The monoisotopic (exact) mass is 343 g/mol. The first-order chi connectivity index (χ1) is 10.7. The zero-order valence-electron chi connectivity index (χ0n) is 13.4. The van der Waals surface area contributed by atoms with Crippen molar-refractivity contribution < 1.29 is 18.0 Å². The minimum absolute atomic E-state index is 0.0584. The van der Waals surface area contributed by atoms with Crippen molar-refractivity contribution in [3.05, 3.63) is 18.2 Å². The Balaban J connectivity index is 2.27. The summed E-state index contributed by atoms with van der Waals surface area (Å²) in [5, 5.41) is 2.52. The van der Waals surface area contributed by atoms with Crippen molar-refractivity contribution in [1.29, 1.82) is 0 Å². The number of amides is 2. The summed E-state index contributed by atoms with van der Waals surface area (Å²) < 4.78 is 26.5. The highest BCUT2D eigenvalue weighted by molar-refractivity contribution is 7.88. The van der Waals surface area contributed by atoms with Gasteiger partial charge in [-0.1, -0.05) is 0 Å². The van der Waals surface area contributed by atoms with Gasteiger partial charge in [-0.2, -0.15) is 4.31 Å². The van der Waals surface area contributed by atoms with E-state index in [0.29, 0.717) is 0 Å². The fourth-order valence-corrected chi connectivity index (χ4v) is 3.42. The predicted octanol–water partition coefficient (Wildman–Crippen LogP) is -1.50. The van der Waals surface area contributed by atoms with E-state index < -0.39 is 15.9 Å². The van der Waals surface area contributed by atoms with E-state index in [-0.39, 0.29) is 43.8 Å². The summed E-state index contributed by atoms with van der Waals surface area (Å²) >= 11 is 0. The quantitative estimate of drug-likeness (QED) is 0.719. The van der Waals surface area contributed by atoms with E-state index >= 15 is 0 Å². The van der Waals surface area contributed by atoms with Gasteiger partial charge >= 0.3 is 0 Å². The minimum Gasteiger partial charge on any atom is -0.359 e. The lowest BCUT2D eigenvalue weighted by atomic mass is 10.1. The molecule has 128 valence electrons. The molecule has 1 fully saturated rings. The Kier molecular flexibility index (Phi) is 5.05. The SMILES string of the molecule is CNC(=O)[C@H]1CN(C(=O)c2nccn2C)CCN(S(C)(=O)=O)C1. The Bertz CT molecular complexity index is 699. The van der Waals surface area contributed by atoms with Crippen LogP contribution in [-0.2, 0) is 21.9 Å². The minimum atomic E-state index is -3.44. The van der Waals surface area contributed by atoms with Crippen molar-refractivity contribution in [1.82, 2.24) is 24.1 Å². The Hall–Kier alpha value is -1.94. The molecule has 23 heavy (non-hydrogen) atoms. The van der Waals surface area contributed by atoms with Crippen LogP contribution in [0.5, 0.6) is 0 Å². The molecule has 0 spiro atoms. The van der Waals surface area contributed by atoms with Gasteiger partial charge in [0.2, 0.25) is 15.9 Å². The molecule has 2 rings (SSSR count). The van der Waals surface area contributed by atoms with Gasteiger partial charge in [-0.3, -0.25) is 9.59 Å². The van der Waals surface area contributed by atoms with E-state index in [4.69, 9.17) is 0 Å². The molecule has 0 saturated carbocycles. The lowest BCUT2D eigenvalue weighted by molar-refractivity contribution is -0.124. The van der Waals surface area contributed by atoms with Gasteiger partial charge < -0.3 is 14.8 Å². The highest BCUT2D eigenvalue weighted by Crippen LogP contribution is 2.15. The molecule has 1 atom stereocenters. The van der Waals surface area contributed by atoms with Crippen molar-refractivity contribution in [3.63, 3.8) is 0 Å². The van der Waals surface area contributed by atoms with Crippen LogP contribution in [0.3, 0.4) is 0 Å². The van der Waals surface area contributed by atoms with E-state index in [1.165, 1.54) is 22.4 Å². The molecule has 2 heterocycles. The fraction of sp³-hybridized carbons (Fsp3) is 0.615. The van der Waals surface area contributed by atoms with Gasteiger partial charge in [0.05, 0.1) is 12.2 Å². The molecule has 1 aliphatic heterocycles. The van der Waals surface area contributed by atoms with Crippen molar-refractivity contribution >= 4 is 21.8 Å². The smallest absolute Gasteiger partial charge is 0.289 e. The van der Waals surface area contributed by atoms with Gasteiger partial charge in [-0.25, -0.2) is 13.4 Å². The number of carbonyl (C=O) groups is 2. The van der Waals surface area contributed by atoms with Crippen molar-refractivity contribution in [3.8, 4) is 0 Å². The third kappa shape index (κ3) is 3.88. The molecule has 1 aromatic rings. The largest absolute Gasteiger partial charge is 0.359 e. The molecule has 1 aliphatic rings. The lowest BCUT2D eigenvalue weighted by Crippen LogP contribution is -2.42. The number of hydrogen-bond donors (Lipinski definition) is 1. The highest BCUT2D eigenvalue weighted by Gasteiger charge is 2.34. The summed E-state index contributed by atoms with van der Waals surface area (Å²) in [5.41, 5.74) is 0. The van der Waals surface area contributed by atoms with Gasteiger partial charge in [0, 0.05) is 52.7 Å². The summed E-state index contributed by atoms with van der Waals surface area (Å²) in [6.07, 6.45) is 4.28. The molecule has 0 unspecified atom stereocenters. The number of hydrogen-bond acceptors (Lipinski definition) is 5. The number of imidazole rings is 1. The van der Waals surface area contributed by atoms with Crippen LogP contribution >= 0.6 is 0 Å². The maximum Gasteiger partial charge on any atom is 0.289 e. The summed E-state index contributed by atoms with van der Waals surface area (Å²) in [4.78, 5) is 30.1. The predicted molar refractivity (Wildman–Crippen MR) is 83.1 cm³/mol. The number of nitrogens with zero attached hydrogens (tertiary/aromatic N) is 4. The highest BCUT2D eigenvalue weighted by atomic mass is 32.2. The number of rotatable bonds is 3. The summed E-state index contributed by atoms with van der Waals surface area (Å²) in [5.74, 6) is -0.977. The standard InChI is InChI=1S/C13H21N5O4S/c1-14-12(19)10-8-17(6-7-18(9-10)23(3,21)22)13(20)11-15-4-5-16(11)2/h4-5,10H,6-9H2,1-3H3,(H,14,19)/t10-/m0/s1. The first-order valence-corrected chi connectivity index (χ1v) is 9.02. The Morgan fingerprint density at radius 3 is 2.52 bits per heavy atom. The summed E-state index contributed by atoms with van der Waals surface area (Å²) in [6.45, 7) is 0.578. The van der Waals surface area contributed by atoms with Crippen LogP contribution in [0.2, 0.25) is 0 Å². The van der Waals surface area contributed by atoms with Crippen LogP contribution in [0.15, 0.2) is 12.4 Å². The summed E-state index contributed by atoms with van der Waals surface area (Å²) in [6, 6.07) is 0. The topological polar surface area (TPSA) is 105 Å². The average molecular weight is 343 g/mol. The molecule has 0 bridgehead atoms. The number of carbonyl (C=O) groups excluding carboxylic acids is 2. The van der Waals surface area contributed by atoms with Crippen molar-refractivity contribution in [2.45, 2.75) is 0 Å². The summed E-state index contributed by atoms with van der Waals surface area (Å²) in [7, 11) is -0.246. The first-order valence-electron chi connectivity index (χ1n) is 7.17. The maximum atomic E-state index is 12.6. The third-order valence-corrected chi connectivity index (χ3v) is 5.14. The maximum absolute atomic E-state index is 12.6. The van der Waals surface area contributed by atoms with E-state index in [1.807, 2.05) is 0 Å². The second-order valence-electron chi connectivity index (χ2n) is 5.55. The molecule has 9 nitrogen and oxygen atoms in total. The zero-order chi connectivity index (χ0) is 17.2. The number of aryl methyl sites for hydroxylation is 1. The second kappa shape index (κ2) is 6.67. The van der Waals surface area contributed by atoms with Gasteiger partial charge in [0.15, 0.2) is 5.82 Å². The molecule has 1 N–H and O–H groups in total. The van der Waals surface area contributed by atoms with E-state index in [0.717, 1.165) is 6.26 Å². The van der Waals surface area contributed by atoms with E-state index in [9.17, 15) is 18.0 Å². The average Bonchev–Trinajstić information content (AvgIpc) is 2.78. The van der Waals surface area contributed by atoms with Crippen LogP contribution in [0.4, 0.5) is 0 Å². The van der Waals surface area contributed by atoms with Gasteiger partial charge in [-0.05, 0) is 0 Å². The first kappa shape index (κ1) is 17.4. The van der Waals surface area contributed by atoms with Gasteiger partial charge in [0.1, 0.15) is 0 Å². The lowest BCUT2D eigenvalue weighted by Gasteiger charge is -2.22. The van der Waals surface area contributed by atoms with Crippen LogP contribution in [-0.4, -0.2) is 78.5 Å². The van der Waals surface area contributed by atoms with Crippen LogP contribution < -0.4 is 5.32 Å². The van der Waals surface area contributed by atoms with E-state index in [1.54, 1.807) is 17.8 Å². The Morgan fingerprint density at radius 1 is 1.30 bits per heavy atom. The van der Waals surface area contributed by atoms with Crippen molar-refractivity contribution in [2.24, 2.45) is 13.0 Å². The van der Waals surface area contributed by atoms with Crippen LogP contribution in [0, 0.1) is 5.92 Å². The van der Waals surface area contributed by atoms with E-state index in [2.05, 4.69) is 10.3 Å². The molecule has 1 aromatic heterocycles. The molecular formula is C13H21N5O4S. The fourth-order valence-electron chi connectivity index (χ4n) is 2.55. The number of sulfonamides is 1. The van der Waals surface area contributed by atoms with Crippen LogP contribution in [0.1, 0.15) is 10.6 Å². The van der Waals surface area contributed by atoms with Gasteiger partial charge in [0.25, 0.3) is 5.91 Å². The Labute approximate surface area is 135 Å². The molecule has 10 heteroatoms. The molecule has 0 aromatic carbocycles. The molecular weight excluding hydrogens is 322 g/mol. The zero-order valence-corrected chi connectivity index (χ0v) is 14.2. The van der Waals surface area contributed by atoms with Gasteiger partial charge in [-0.15, -0.1) is 0 Å².